The van der Waals surface area contributed by atoms with E-state index in [0.29, 0.717) is 17.7 Å². The van der Waals surface area contributed by atoms with Crippen molar-refractivity contribution in [2.45, 2.75) is 77.5 Å². The van der Waals surface area contributed by atoms with Crippen LogP contribution in [-0.2, 0) is 14.3 Å². The molecule has 174 valence electrons. The number of nitrogens with one attached hydrogen (secondary N) is 2. The van der Waals surface area contributed by atoms with Crippen LogP contribution in [-0.4, -0.2) is 47.5 Å². The molecule has 2 rings (SSSR count). The number of hydrogen-bond donors (Lipinski definition) is 2. The van der Waals surface area contributed by atoms with Crippen LogP contribution in [0.15, 0.2) is 24.3 Å². The molecule has 1 unspecified atom stereocenters. The second kappa shape index (κ2) is 11.6. The standard InChI is InChI=1S/C25H35N3O4/c1-6-8-16-26-23(30)22(20-15-10-9-12-18(20)7-2)28(19-13-11-14-19)21(29)17-27-24(31)32-25(3,4)5/h2,9-10,12,15,19,22H,6,8,11,13-14,16-17H2,1,3-5H3,(H,26,30)(H,27,31). The lowest BCUT2D eigenvalue weighted by atomic mass is 9.87. The average molecular weight is 442 g/mol. The van der Waals surface area contributed by atoms with Crippen LogP contribution >= 0.6 is 0 Å². The molecule has 1 aliphatic rings. The number of benzene rings is 1. The summed E-state index contributed by atoms with van der Waals surface area (Å²) in [5.74, 6) is 2.03. The highest BCUT2D eigenvalue weighted by Crippen LogP contribution is 2.34. The maximum absolute atomic E-state index is 13.3. The fourth-order valence-electron chi connectivity index (χ4n) is 3.55. The van der Waals surface area contributed by atoms with Gasteiger partial charge in [-0.15, -0.1) is 6.42 Å². The highest BCUT2D eigenvalue weighted by Gasteiger charge is 2.39. The summed E-state index contributed by atoms with van der Waals surface area (Å²) < 4.78 is 5.24. The fraction of sp³-hybridized carbons (Fsp3) is 0.560. The summed E-state index contributed by atoms with van der Waals surface area (Å²) in [4.78, 5) is 40.3. The number of amides is 3. The monoisotopic (exact) mass is 441 g/mol. The van der Waals surface area contributed by atoms with E-state index >= 15 is 0 Å². The van der Waals surface area contributed by atoms with E-state index in [1.807, 2.05) is 19.1 Å². The average Bonchev–Trinajstić information content (AvgIpc) is 2.69. The molecule has 1 aliphatic carbocycles. The van der Waals surface area contributed by atoms with Crippen LogP contribution in [0.25, 0.3) is 0 Å². The molecule has 3 amide bonds. The Morgan fingerprint density at radius 3 is 2.47 bits per heavy atom. The molecule has 0 radical (unpaired) electrons. The number of carbonyl (C=O) groups is 3. The van der Waals surface area contributed by atoms with Gasteiger partial charge < -0.3 is 20.3 Å². The minimum absolute atomic E-state index is 0.0873. The number of unbranched alkanes of at least 4 members (excludes halogenated alkanes) is 1. The Labute approximate surface area is 191 Å². The van der Waals surface area contributed by atoms with Gasteiger partial charge in [0.25, 0.3) is 0 Å². The lowest BCUT2D eigenvalue weighted by molar-refractivity contribution is -0.145. The van der Waals surface area contributed by atoms with E-state index in [0.717, 1.165) is 32.1 Å². The zero-order valence-corrected chi connectivity index (χ0v) is 19.6. The molecule has 0 aromatic heterocycles. The zero-order chi connectivity index (χ0) is 23.7. The van der Waals surface area contributed by atoms with Gasteiger partial charge in [0.1, 0.15) is 18.2 Å². The van der Waals surface area contributed by atoms with Crippen molar-refractivity contribution in [3.8, 4) is 12.3 Å². The molecular formula is C25H35N3O4. The van der Waals surface area contributed by atoms with Crippen molar-refractivity contribution >= 4 is 17.9 Å². The van der Waals surface area contributed by atoms with Crippen LogP contribution < -0.4 is 10.6 Å². The third kappa shape index (κ3) is 7.01. The number of alkyl carbamates (subject to hydrolysis) is 1. The van der Waals surface area contributed by atoms with Crippen LogP contribution in [0.4, 0.5) is 4.79 Å². The van der Waals surface area contributed by atoms with Gasteiger partial charge in [-0.3, -0.25) is 9.59 Å². The van der Waals surface area contributed by atoms with Crippen molar-refractivity contribution in [1.29, 1.82) is 0 Å². The molecule has 1 aromatic rings. The number of carbonyl (C=O) groups excluding carboxylic acids is 3. The molecule has 2 N–H and O–H groups in total. The Bertz CT molecular complexity index is 849. The Morgan fingerprint density at radius 2 is 1.91 bits per heavy atom. The molecule has 7 nitrogen and oxygen atoms in total. The normalized spacial score (nSPS) is 14.5. The number of terminal acetylenes is 1. The summed E-state index contributed by atoms with van der Waals surface area (Å²) in [5, 5.41) is 5.48. The first-order valence-corrected chi connectivity index (χ1v) is 11.3. The summed E-state index contributed by atoms with van der Waals surface area (Å²) in [6.07, 6.45) is 9.40. The predicted molar refractivity (Wildman–Crippen MR) is 124 cm³/mol. The molecular weight excluding hydrogens is 406 g/mol. The molecule has 0 heterocycles. The van der Waals surface area contributed by atoms with E-state index in [4.69, 9.17) is 11.2 Å². The van der Waals surface area contributed by atoms with E-state index in [2.05, 4.69) is 16.6 Å². The van der Waals surface area contributed by atoms with Crippen molar-refractivity contribution in [1.82, 2.24) is 15.5 Å². The number of ether oxygens (including phenoxy) is 1. The summed E-state index contributed by atoms with van der Waals surface area (Å²) in [6.45, 7) is 7.56. The van der Waals surface area contributed by atoms with Crippen LogP contribution in [0.3, 0.4) is 0 Å². The van der Waals surface area contributed by atoms with Gasteiger partial charge in [-0.2, -0.15) is 0 Å². The van der Waals surface area contributed by atoms with Gasteiger partial charge in [-0.25, -0.2) is 4.79 Å². The van der Waals surface area contributed by atoms with Crippen molar-refractivity contribution in [3.05, 3.63) is 35.4 Å². The van der Waals surface area contributed by atoms with Crippen LogP contribution in [0.5, 0.6) is 0 Å². The number of rotatable bonds is 9. The highest BCUT2D eigenvalue weighted by molar-refractivity contribution is 5.91. The molecule has 1 fully saturated rings. The van der Waals surface area contributed by atoms with E-state index in [1.165, 1.54) is 0 Å². The maximum Gasteiger partial charge on any atom is 0.408 e. The van der Waals surface area contributed by atoms with Gasteiger partial charge in [0, 0.05) is 18.2 Å². The molecule has 1 saturated carbocycles. The van der Waals surface area contributed by atoms with Crippen LogP contribution in [0.1, 0.15) is 77.0 Å². The summed E-state index contributed by atoms with van der Waals surface area (Å²) in [6, 6.07) is 6.23. The van der Waals surface area contributed by atoms with E-state index in [-0.39, 0.29) is 24.4 Å². The Hall–Kier alpha value is -3.01. The Balaban J connectivity index is 2.32. The van der Waals surface area contributed by atoms with Gasteiger partial charge >= 0.3 is 6.09 Å². The van der Waals surface area contributed by atoms with Crippen molar-refractivity contribution in [2.24, 2.45) is 0 Å². The van der Waals surface area contributed by atoms with Crippen molar-refractivity contribution in [3.63, 3.8) is 0 Å². The SMILES string of the molecule is C#Cc1ccccc1C(C(=O)NCCCC)N(C(=O)CNC(=O)OC(C)(C)C)C1CCC1. The zero-order valence-electron chi connectivity index (χ0n) is 19.6. The molecule has 7 heteroatoms. The predicted octanol–water partition coefficient (Wildman–Crippen LogP) is 3.53. The van der Waals surface area contributed by atoms with Gasteiger partial charge in [0.15, 0.2) is 0 Å². The summed E-state index contributed by atoms with van der Waals surface area (Å²) >= 11 is 0. The smallest absolute Gasteiger partial charge is 0.408 e. The Kier molecular flexibility index (Phi) is 9.13. The molecule has 0 bridgehead atoms. The molecule has 1 atom stereocenters. The van der Waals surface area contributed by atoms with Gasteiger partial charge in [0.05, 0.1) is 0 Å². The maximum atomic E-state index is 13.3. The minimum Gasteiger partial charge on any atom is -0.444 e. The van der Waals surface area contributed by atoms with Crippen molar-refractivity contribution in [2.75, 3.05) is 13.1 Å². The highest BCUT2D eigenvalue weighted by atomic mass is 16.6. The molecule has 0 aliphatic heterocycles. The van der Waals surface area contributed by atoms with E-state index in [1.54, 1.807) is 37.8 Å². The fourth-order valence-corrected chi connectivity index (χ4v) is 3.55. The first kappa shape index (κ1) is 25.3. The molecule has 0 spiro atoms. The molecule has 32 heavy (non-hydrogen) atoms. The molecule has 0 saturated heterocycles. The molecule has 1 aromatic carbocycles. The number of nitrogens with zero attached hydrogens (tertiary/aromatic N) is 1. The van der Waals surface area contributed by atoms with Gasteiger partial charge in [-0.1, -0.05) is 37.5 Å². The Morgan fingerprint density at radius 1 is 1.22 bits per heavy atom. The number of hydrogen-bond acceptors (Lipinski definition) is 4. The summed E-state index contributed by atoms with van der Waals surface area (Å²) in [7, 11) is 0. The first-order chi connectivity index (χ1) is 15.2. The van der Waals surface area contributed by atoms with Gasteiger partial charge in [0.2, 0.25) is 11.8 Å². The lowest BCUT2D eigenvalue weighted by Crippen LogP contribution is -2.54. The van der Waals surface area contributed by atoms with Crippen molar-refractivity contribution < 1.29 is 19.1 Å². The quantitative estimate of drug-likeness (QED) is 0.453. The largest absolute Gasteiger partial charge is 0.444 e. The van der Waals surface area contributed by atoms with E-state index in [9.17, 15) is 14.4 Å². The third-order valence-electron chi connectivity index (χ3n) is 5.31. The van der Waals surface area contributed by atoms with Crippen LogP contribution in [0.2, 0.25) is 0 Å². The first-order valence-electron chi connectivity index (χ1n) is 11.3. The second-order valence-corrected chi connectivity index (χ2v) is 9.02. The minimum atomic E-state index is -0.864. The third-order valence-corrected chi connectivity index (χ3v) is 5.31. The topological polar surface area (TPSA) is 87.7 Å². The van der Waals surface area contributed by atoms with Gasteiger partial charge in [-0.05, 0) is 58.1 Å². The van der Waals surface area contributed by atoms with E-state index < -0.39 is 17.7 Å². The second-order valence-electron chi connectivity index (χ2n) is 9.02. The van der Waals surface area contributed by atoms with Crippen LogP contribution in [0, 0.1) is 12.3 Å². The summed E-state index contributed by atoms with van der Waals surface area (Å²) in [5.41, 5.74) is 0.510. The lowest BCUT2D eigenvalue weighted by Gasteiger charge is -2.42.